The Kier molecular flexibility index (Phi) is 5.30. The van der Waals surface area contributed by atoms with Crippen molar-refractivity contribution >= 4 is 22.8 Å². The Hall–Kier alpha value is -3.48. The lowest BCUT2D eigenvalue weighted by Crippen LogP contribution is -2.38. The molecule has 0 aliphatic carbocycles. The minimum absolute atomic E-state index is 0.103. The fourth-order valence-corrected chi connectivity index (χ4v) is 2.67. The molecule has 7 nitrogen and oxygen atoms in total. The van der Waals surface area contributed by atoms with Crippen molar-refractivity contribution in [2.75, 3.05) is 6.61 Å². The molecule has 0 saturated heterocycles. The molecule has 0 saturated carbocycles. The van der Waals surface area contributed by atoms with Gasteiger partial charge in [-0.1, -0.05) is 30.3 Å². The van der Waals surface area contributed by atoms with E-state index >= 15 is 0 Å². The highest BCUT2D eigenvalue weighted by Crippen LogP contribution is 2.20. The Labute approximate surface area is 155 Å². The van der Waals surface area contributed by atoms with Crippen LogP contribution in [0.1, 0.15) is 35.6 Å². The quantitative estimate of drug-likeness (QED) is 0.288. The summed E-state index contributed by atoms with van der Waals surface area (Å²) in [6.45, 7) is 3.26. The molecule has 0 atom stereocenters. The standard InChI is InChI=1S/C20H18N2O5/c1-3-26-15-9-10-16-18(11-15)22(25)19(17(21-16)12-27-13(2)23)20(24)14-7-5-4-6-8-14/h4-11H,3,12H2,1-2H3. The summed E-state index contributed by atoms with van der Waals surface area (Å²) in [5, 5.41) is 13.0. The van der Waals surface area contributed by atoms with Crippen LogP contribution in [0.25, 0.3) is 11.0 Å². The summed E-state index contributed by atoms with van der Waals surface area (Å²) in [5.74, 6) is -0.523. The Morgan fingerprint density at radius 2 is 1.89 bits per heavy atom. The van der Waals surface area contributed by atoms with Gasteiger partial charge in [-0.3, -0.25) is 9.59 Å². The molecule has 3 aromatic rings. The van der Waals surface area contributed by atoms with Crippen molar-refractivity contribution in [2.45, 2.75) is 20.5 Å². The molecule has 1 heterocycles. The minimum Gasteiger partial charge on any atom is -0.618 e. The Morgan fingerprint density at radius 3 is 2.56 bits per heavy atom. The zero-order chi connectivity index (χ0) is 19.4. The number of hydrogen-bond acceptors (Lipinski definition) is 6. The van der Waals surface area contributed by atoms with E-state index in [4.69, 9.17) is 9.47 Å². The first-order valence-corrected chi connectivity index (χ1v) is 8.43. The van der Waals surface area contributed by atoms with Gasteiger partial charge in [0.15, 0.2) is 5.69 Å². The monoisotopic (exact) mass is 366 g/mol. The molecule has 0 bridgehead atoms. The number of ketones is 1. The summed E-state index contributed by atoms with van der Waals surface area (Å²) in [7, 11) is 0. The summed E-state index contributed by atoms with van der Waals surface area (Å²) in [5.41, 5.74) is 0.842. The molecule has 0 fully saturated rings. The van der Waals surface area contributed by atoms with Crippen LogP contribution >= 0.6 is 0 Å². The van der Waals surface area contributed by atoms with Gasteiger partial charge < -0.3 is 14.7 Å². The largest absolute Gasteiger partial charge is 0.618 e. The summed E-state index contributed by atoms with van der Waals surface area (Å²) in [6.07, 6.45) is 0. The van der Waals surface area contributed by atoms with E-state index in [1.54, 1.807) is 42.5 Å². The van der Waals surface area contributed by atoms with E-state index in [1.165, 1.54) is 13.0 Å². The van der Waals surface area contributed by atoms with Gasteiger partial charge in [0.2, 0.25) is 5.52 Å². The van der Waals surface area contributed by atoms with Gasteiger partial charge in [0, 0.05) is 12.5 Å². The average molecular weight is 366 g/mol. The molecule has 7 heteroatoms. The molecule has 0 N–H and O–H groups in total. The maximum atomic E-state index is 13.0. The molecular weight excluding hydrogens is 348 g/mol. The molecular formula is C20H18N2O5. The lowest BCUT2D eigenvalue weighted by molar-refractivity contribution is -0.580. The third-order valence-electron chi connectivity index (χ3n) is 3.87. The lowest BCUT2D eigenvalue weighted by Gasteiger charge is -2.12. The molecule has 27 heavy (non-hydrogen) atoms. The van der Waals surface area contributed by atoms with Crippen LogP contribution in [-0.2, 0) is 16.1 Å². The number of carbonyl (C=O) groups is 2. The van der Waals surface area contributed by atoms with E-state index in [9.17, 15) is 14.8 Å². The van der Waals surface area contributed by atoms with Crippen molar-refractivity contribution < 1.29 is 23.8 Å². The second-order valence-electron chi connectivity index (χ2n) is 5.76. The smallest absolute Gasteiger partial charge is 0.303 e. The van der Waals surface area contributed by atoms with Gasteiger partial charge >= 0.3 is 5.97 Å². The first-order chi connectivity index (χ1) is 13.0. The van der Waals surface area contributed by atoms with Crippen LogP contribution in [0, 0.1) is 5.21 Å². The van der Waals surface area contributed by atoms with Crippen molar-refractivity contribution in [1.29, 1.82) is 0 Å². The number of ether oxygens (including phenoxy) is 2. The molecule has 3 rings (SSSR count). The van der Waals surface area contributed by atoms with E-state index in [-0.39, 0.29) is 23.5 Å². The molecule has 138 valence electrons. The maximum absolute atomic E-state index is 13.0. The van der Waals surface area contributed by atoms with Crippen LogP contribution in [0.5, 0.6) is 5.75 Å². The van der Waals surface area contributed by atoms with Crippen molar-refractivity contribution in [1.82, 2.24) is 4.98 Å². The number of nitrogens with zero attached hydrogens (tertiary/aromatic N) is 2. The van der Waals surface area contributed by atoms with E-state index in [0.717, 1.165) is 0 Å². The Bertz CT molecular complexity index is 1000. The topological polar surface area (TPSA) is 92.4 Å². The van der Waals surface area contributed by atoms with Crippen LogP contribution in [0.2, 0.25) is 0 Å². The van der Waals surface area contributed by atoms with Gasteiger partial charge in [-0.05, 0) is 19.1 Å². The van der Waals surface area contributed by atoms with Gasteiger partial charge in [-0.15, -0.1) is 0 Å². The highest BCUT2D eigenvalue weighted by atomic mass is 16.5. The van der Waals surface area contributed by atoms with E-state index in [0.29, 0.717) is 28.2 Å². The lowest BCUT2D eigenvalue weighted by atomic mass is 10.1. The molecule has 0 radical (unpaired) electrons. The van der Waals surface area contributed by atoms with Crippen molar-refractivity contribution in [3.05, 3.63) is 70.7 Å². The van der Waals surface area contributed by atoms with Crippen molar-refractivity contribution in [2.24, 2.45) is 0 Å². The van der Waals surface area contributed by atoms with Crippen LogP contribution < -0.4 is 9.47 Å². The highest BCUT2D eigenvalue weighted by molar-refractivity contribution is 6.07. The first kappa shape index (κ1) is 18.3. The zero-order valence-corrected chi connectivity index (χ0v) is 15.0. The molecule has 0 aliphatic heterocycles. The minimum atomic E-state index is -0.529. The van der Waals surface area contributed by atoms with Crippen LogP contribution in [0.15, 0.2) is 48.5 Å². The van der Waals surface area contributed by atoms with Gasteiger partial charge in [0.25, 0.3) is 11.5 Å². The van der Waals surface area contributed by atoms with Gasteiger partial charge in [-0.2, -0.15) is 4.73 Å². The normalized spacial score (nSPS) is 10.6. The Balaban J connectivity index is 2.19. The van der Waals surface area contributed by atoms with Crippen LogP contribution in [0.4, 0.5) is 0 Å². The fourth-order valence-electron chi connectivity index (χ4n) is 2.67. The van der Waals surface area contributed by atoms with Gasteiger partial charge in [0.1, 0.15) is 17.9 Å². The van der Waals surface area contributed by atoms with Gasteiger partial charge in [0.05, 0.1) is 12.7 Å². The Morgan fingerprint density at radius 1 is 1.15 bits per heavy atom. The summed E-state index contributed by atoms with van der Waals surface area (Å²) >= 11 is 0. The molecule has 1 aromatic heterocycles. The molecule has 0 spiro atoms. The fraction of sp³-hybridized carbons (Fsp3) is 0.200. The number of esters is 1. The highest BCUT2D eigenvalue weighted by Gasteiger charge is 2.28. The first-order valence-electron chi connectivity index (χ1n) is 8.43. The third-order valence-corrected chi connectivity index (χ3v) is 3.87. The summed E-state index contributed by atoms with van der Waals surface area (Å²) < 4.78 is 10.9. The summed E-state index contributed by atoms with van der Waals surface area (Å²) in [6, 6.07) is 13.3. The van der Waals surface area contributed by atoms with Gasteiger partial charge in [-0.25, -0.2) is 4.98 Å². The van der Waals surface area contributed by atoms with Crippen LogP contribution in [-0.4, -0.2) is 23.3 Å². The second kappa shape index (κ2) is 7.82. The molecule has 0 unspecified atom stereocenters. The van der Waals surface area contributed by atoms with Crippen molar-refractivity contribution in [3.63, 3.8) is 0 Å². The number of rotatable bonds is 6. The maximum Gasteiger partial charge on any atom is 0.303 e. The average Bonchev–Trinajstić information content (AvgIpc) is 2.67. The van der Waals surface area contributed by atoms with Crippen LogP contribution in [0.3, 0.4) is 0 Å². The predicted octanol–water partition coefficient (Wildman–Crippen LogP) is 2.56. The predicted molar refractivity (Wildman–Crippen MR) is 97.2 cm³/mol. The van der Waals surface area contributed by atoms with Crippen molar-refractivity contribution in [3.8, 4) is 5.75 Å². The van der Waals surface area contributed by atoms with E-state index in [2.05, 4.69) is 4.98 Å². The molecule has 0 amide bonds. The SMILES string of the molecule is CCOc1ccc2nc(COC(C)=O)c(C(=O)c3ccccc3)[n+]([O-])c2c1. The molecule has 2 aromatic carbocycles. The number of aromatic nitrogens is 2. The number of carbonyl (C=O) groups excluding carboxylic acids is 2. The number of benzene rings is 2. The summed E-state index contributed by atoms with van der Waals surface area (Å²) in [4.78, 5) is 28.5. The second-order valence-corrected chi connectivity index (χ2v) is 5.76. The number of fused-ring (bicyclic) bond motifs is 1. The molecule has 0 aliphatic rings. The zero-order valence-electron chi connectivity index (χ0n) is 15.0. The van der Waals surface area contributed by atoms with E-state index in [1.807, 2.05) is 6.92 Å². The van der Waals surface area contributed by atoms with E-state index < -0.39 is 11.8 Å². The number of hydrogen-bond donors (Lipinski definition) is 0. The third kappa shape index (κ3) is 3.87.